The largest absolute Gasteiger partial charge is 0.309 e. The van der Waals surface area contributed by atoms with Crippen LogP contribution in [0.25, 0.3) is 0 Å². The molecule has 0 aromatic rings. The fourth-order valence-corrected chi connectivity index (χ4v) is 2.24. The summed E-state index contributed by atoms with van der Waals surface area (Å²) in [5.41, 5.74) is 0. The third kappa shape index (κ3) is 1.87. The van der Waals surface area contributed by atoms with Gasteiger partial charge < -0.3 is 10.1 Å². The first kappa shape index (κ1) is 9.45. The Morgan fingerprint density at radius 2 is 2.50 bits per heavy atom. The Morgan fingerprint density at radius 3 is 3.29 bits per heavy atom. The van der Waals surface area contributed by atoms with Crippen LogP contribution in [0.4, 0.5) is 0 Å². The minimum atomic E-state index is -0.308. The second-order valence-electron chi connectivity index (χ2n) is 3.16. The summed E-state index contributed by atoms with van der Waals surface area (Å²) in [5.74, 6) is 0.967. The van der Waals surface area contributed by atoms with Gasteiger partial charge in [-0.15, -0.1) is 11.8 Å². The Morgan fingerprint density at radius 1 is 1.64 bits per heavy atom. The number of amidine groups is 1. The summed E-state index contributed by atoms with van der Waals surface area (Å²) in [5, 5.41) is 2.69. The summed E-state index contributed by atoms with van der Waals surface area (Å²) in [6, 6.07) is -0.308. The molecule has 1 atom stereocenters. The van der Waals surface area contributed by atoms with Gasteiger partial charge in [0.1, 0.15) is 18.2 Å². The molecule has 0 bridgehead atoms. The number of amides is 1. The van der Waals surface area contributed by atoms with Crippen LogP contribution in [-0.4, -0.2) is 29.8 Å². The van der Waals surface area contributed by atoms with E-state index in [-0.39, 0.29) is 11.9 Å². The number of nitrogens with zero attached hydrogens (tertiary/aromatic N) is 1. The number of allylic oxidation sites excluding steroid dienone is 1. The van der Waals surface area contributed by atoms with E-state index < -0.39 is 0 Å². The molecule has 5 heteroatoms. The van der Waals surface area contributed by atoms with Gasteiger partial charge in [0.15, 0.2) is 0 Å². The van der Waals surface area contributed by atoms with Gasteiger partial charge in [-0.3, -0.25) is 9.79 Å². The van der Waals surface area contributed by atoms with Crippen molar-refractivity contribution in [3.8, 4) is 0 Å². The van der Waals surface area contributed by atoms with Crippen LogP contribution in [0.15, 0.2) is 16.0 Å². The van der Waals surface area contributed by atoms with Crippen molar-refractivity contribution in [2.45, 2.75) is 18.9 Å². The highest BCUT2D eigenvalue weighted by atomic mass is 32.2. The molecule has 0 aromatic carbocycles. The van der Waals surface area contributed by atoms with Crippen LogP contribution in [0.3, 0.4) is 0 Å². The topological polar surface area (TPSA) is 58.5 Å². The lowest BCUT2D eigenvalue weighted by molar-refractivity contribution is -0.117. The first-order valence-corrected chi connectivity index (χ1v) is 5.44. The van der Waals surface area contributed by atoms with Gasteiger partial charge in [-0.05, 0) is 12.8 Å². The minimum Gasteiger partial charge on any atom is -0.309 e. The summed E-state index contributed by atoms with van der Waals surface area (Å²) in [6.45, 7) is 0. The second kappa shape index (κ2) is 3.96. The van der Waals surface area contributed by atoms with Gasteiger partial charge in [0.05, 0.1) is 5.75 Å². The minimum absolute atomic E-state index is 0.0440. The molecule has 1 unspecified atom stereocenters. The van der Waals surface area contributed by atoms with Crippen molar-refractivity contribution in [1.82, 2.24) is 5.32 Å². The van der Waals surface area contributed by atoms with E-state index in [0.29, 0.717) is 11.6 Å². The number of aldehydes is 1. The Hall–Kier alpha value is -1.10. The van der Waals surface area contributed by atoms with E-state index in [1.165, 1.54) is 11.8 Å². The van der Waals surface area contributed by atoms with Crippen LogP contribution >= 0.6 is 11.8 Å². The molecule has 1 N–H and O–H groups in total. The van der Waals surface area contributed by atoms with Gasteiger partial charge in [-0.1, -0.05) is 6.08 Å². The van der Waals surface area contributed by atoms with E-state index in [2.05, 4.69) is 10.3 Å². The lowest BCUT2D eigenvalue weighted by Crippen LogP contribution is -2.37. The molecular weight excluding hydrogens is 200 g/mol. The van der Waals surface area contributed by atoms with Gasteiger partial charge in [-0.25, -0.2) is 0 Å². The Kier molecular flexibility index (Phi) is 2.67. The number of hydrogen-bond acceptors (Lipinski definition) is 4. The lowest BCUT2D eigenvalue weighted by atomic mass is 10.2. The van der Waals surface area contributed by atoms with E-state index in [1.54, 1.807) is 0 Å². The molecule has 2 heterocycles. The molecule has 0 saturated carbocycles. The molecular formula is C9H10N2O2S. The van der Waals surface area contributed by atoms with E-state index >= 15 is 0 Å². The van der Waals surface area contributed by atoms with Crippen LogP contribution in [0, 0.1) is 0 Å². The number of fused-ring (bicyclic) bond motifs is 1. The number of rotatable bonds is 1. The van der Waals surface area contributed by atoms with Crippen molar-refractivity contribution in [2.75, 3.05) is 5.75 Å². The van der Waals surface area contributed by atoms with Crippen molar-refractivity contribution >= 4 is 29.8 Å². The molecule has 74 valence electrons. The average Bonchev–Trinajstić information content (AvgIpc) is 2.38. The molecule has 0 aliphatic carbocycles. The van der Waals surface area contributed by atoms with E-state index in [0.717, 1.165) is 24.0 Å². The first-order valence-electron chi connectivity index (χ1n) is 4.46. The molecule has 2 rings (SSSR count). The molecule has 4 nitrogen and oxygen atoms in total. The summed E-state index contributed by atoms with van der Waals surface area (Å²) in [6.07, 6.45) is 4.43. The third-order valence-corrected chi connectivity index (χ3v) is 3.17. The number of carbonyl (C=O) groups excluding carboxylic acids is 2. The molecule has 2 aliphatic heterocycles. The molecule has 0 spiro atoms. The number of hydrogen-bond donors (Lipinski definition) is 1. The van der Waals surface area contributed by atoms with Gasteiger partial charge >= 0.3 is 0 Å². The fraction of sp³-hybridized carbons (Fsp3) is 0.444. The normalized spacial score (nSPS) is 26.6. The first-order chi connectivity index (χ1) is 6.79. The molecule has 2 aliphatic rings. The second-order valence-corrected chi connectivity index (χ2v) is 4.18. The maximum Gasteiger partial charge on any atom is 0.235 e. The highest BCUT2D eigenvalue weighted by molar-refractivity contribution is 8.04. The Labute approximate surface area is 85.8 Å². The van der Waals surface area contributed by atoms with E-state index in [1.807, 2.05) is 6.08 Å². The zero-order valence-electron chi connectivity index (χ0n) is 7.53. The molecule has 14 heavy (non-hydrogen) atoms. The summed E-state index contributed by atoms with van der Waals surface area (Å²) in [4.78, 5) is 26.9. The van der Waals surface area contributed by atoms with Crippen LogP contribution < -0.4 is 5.32 Å². The maximum atomic E-state index is 11.1. The van der Waals surface area contributed by atoms with Crippen LogP contribution in [0.5, 0.6) is 0 Å². The predicted molar refractivity (Wildman–Crippen MR) is 55.2 cm³/mol. The predicted octanol–water partition coefficient (Wildman–Crippen LogP) is 0.493. The number of thioether (sulfide) groups is 1. The number of nitrogens with one attached hydrogen (secondary N) is 1. The van der Waals surface area contributed by atoms with Crippen LogP contribution in [0.1, 0.15) is 12.8 Å². The smallest absolute Gasteiger partial charge is 0.235 e. The Bertz CT molecular complexity index is 336. The maximum absolute atomic E-state index is 11.1. The van der Waals surface area contributed by atoms with Gasteiger partial charge in [0, 0.05) is 4.91 Å². The van der Waals surface area contributed by atoms with Crippen LogP contribution in [0.2, 0.25) is 0 Å². The van der Waals surface area contributed by atoms with Gasteiger partial charge in [0.25, 0.3) is 0 Å². The lowest BCUT2D eigenvalue weighted by Gasteiger charge is -2.16. The van der Waals surface area contributed by atoms with Crippen molar-refractivity contribution in [2.24, 2.45) is 4.99 Å². The molecule has 0 radical (unpaired) electrons. The molecule has 1 amide bonds. The van der Waals surface area contributed by atoms with Gasteiger partial charge in [0.2, 0.25) is 5.91 Å². The van der Waals surface area contributed by atoms with Crippen molar-refractivity contribution in [3.05, 3.63) is 11.0 Å². The summed E-state index contributed by atoms with van der Waals surface area (Å²) >= 11 is 1.48. The number of aliphatic imine (C=N–C) groups is 1. The van der Waals surface area contributed by atoms with Crippen LogP contribution in [-0.2, 0) is 9.59 Å². The van der Waals surface area contributed by atoms with Gasteiger partial charge in [-0.2, -0.15) is 0 Å². The summed E-state index contributed by atoms with van der Waals surface area (Å²) in [7, 11) is 0. The van der Waals surface area contributed by atoms with E-state index in [9.17, 15) is 9.59 Å². The molecule has 0 aromatic heterocycles. The van der Waals surface area contributed by atoms with Crippen molar-refractivity contribution in [1.29, 1.82) is 0 Å². The van der Waals surface area contributed by atoms with Crippen molar-refractivity contribution < 1.29 is 9.59 Å². The fourth-order valence-electron chi connectivity index (χ4n) is 1.41. The number of carbonyl (C=O) groups is 2. The Balaban J connectivity index is 2.26. The zero-order valence-corrected chi connectivity index (χ0v) is 8.34. The molecule has 1 saturated heterocycles. The quantitative estimate of drug-likeness (QED) is 0.641. The average molecular weight is 210 g/mol. The molecule has 1 fully saturated rings. The highest BCUT2D eigenvalue weighted by Gasteiger charge is 2.22. The SMILES string of the molecule is O=CC1CCC=C2SCC(=O)NC2=N1. The third-order valence-electron chi connectivity index (χ3n) is 2.09. The highest BCUT2D eigenvalue weighted by Crippen LogP contribution is 2.24. The standard InChI is InChI=1S/C9H10N2O2S/c12-4-6-2-1-3-7-9(10-6)11-8(13)5-14-7/h3-4,6H,1-2,5H2,(H,10,11,13). The summed E-state index contributed by atoms with van der Waals surface area (Å²) < 4.78 is 0. The zero-order chi connectivity index (χ0) is 9.97. The van der Waals surface area contributed by atoms with Crippen molar-refractivity contribution in [3.63, 3.8) is 0 Å². The van der Waals surface area contributed by atoms with E-state index in [4.69, 9.17) is 0 Å². The monoisotopic (exact) mass is 210 g/mol.